The topological polar surface area (TPSA) is 65.2 Å². The van der Waals surface area contributed by atoms with Gasteiger partial charge in [0.15, 0.2) is 0 Å². The van der Waals surface area contributed by atoms with Crippen molar-refractivity contribution in [2.24, 2.45) is 5.92 Å². The van der Waals surface area contributed by atoms with E-state index in [0.717, 1.165) is 17.6 Å². The summed E-state index contributed by atoms with van der Waals surface area (Å²) in [5, 5.41) is 4.00. The molecule has 0 spiro atoms. The van der Waals surface area contributed by atoms with Gasteiger partial charge in [-0.25, -0.2) is 0 Å². The zero-order chi connectivity index (χ0) is 17.0. The normalized spacial score (nSPS) is 26.5. The van der Waals surface area contributed by atoms with Crippen molar-refractivity contribution in [1.82, 2.24) is 15.2 Å². The molecular formula is C19H23N3O2. The second-order valence-corrected chi connectivity index (χ2v) is 7.40. The summed E-state index contributed by atoms with van der Waals surface area (Å²) in [4.78, 5) is 30.8. The molecule has 2 aliphatic heterocycles. The van der Waals surface area contributed by atoms with E-state index in [0.29, 0.717) is 12.3 Å². The molecule has 0 bridgehead atoms. The Morgan fingerprint density at radius 1 is 1.25 bits per heavy atom. The summed E-state index contributed by atoms with van der Waals surface area (Å²) in [5.74, 6) is 0.419. The molecule has 1 aromatic heterocycles. The smallest absolute Gasteiger partial charge is 0.246 e. The van der Waals surface area contributed by atoms with Gasteiger partial charge in [0.1, 0.15) is 12.1 Å². The van der Waals surface area contributed by atoms with Crippen LogP contribution in [0.3, 0.4) is 0 Å². The van der Waals surface area contributed by atoms with Crippen LogP contribution in [0.2, 0.25) is 0 Å². The van der Waals surface area contributed by atoms with E-state index in [4.69, 9.17) is 0 Å². The molecule has 2 N–H and O–H groups in total. The molecule has 0 saturated carbocycles. The second kappa shape index (κ2) is 5.36. The zero-order valence-electron chi connectivity index (χ0n) is 14.3. The first kappa shape index (κ1) is 15.2. The number of benzene rings is 1. The van der Waals surface area contributed by atoms with Crippen LogP contribution in [0.5, 0.6) is 0 Å². The summed E-state index contributed by atoms with van der Waals surface area (Å²) >= 11 is 0. The molecule has 2 amide bonds. The van der Waals surface area contributed by atoms with E-state index >= 15 is 0 Å². The lowest BCUT2D eigenvalue weighted by Crippen LogP contribution is -2.65. The molecule has 2 aromatic rings. The fourth-order valence-electron chi connectivity index (χ4n) is 4.17. The predicted molar refractivity (Wildman–Crippen MR) is 92.4 cm³/mol. The van der Waals surface area contributed by atoms with Crippen molar-refractivity contribution in [2.45, 2.75) is 51.7 Å². The largest absolute Gasteiger partial charge is 0.356 e. The van der Waals surface area contributed by atoms with Crippen molar-refractivity contribution >= 4 is 22.7 Å². The minimum atomic E-state index is -0.450. The van der Waals surface area contributed by atoms with Crippen LogP contribution in [0, 0.1) is 5.92 Å². The Hall–Kier alpha value is -2.30. The molecule has 2 unspecified atom stereocenters. The Morgan fingerprint density at radius 3 is 2.75 bits per heavy atom. The van der Waals surface area contributed by atoms with Crippen LogP contribution in [-0.2, 0) is 16.0 Å². The van der Waals surface area contributed by atoms with E-state index in [-0.39, 0.29) is 17.9 Å². The summed E-state index contributed by atoms with van der Waals surface area (Å²) < 4.78 is 0. The SMILES string of the molecule is CC(C)CC1c2[nH]c3ccccc3c2C[C@H]2C(=O)NC(C)C(=O)N12. The quantitative estimate of drug-likeness (QED) is 0.891. The van der Waals surface area contributed by atoms with E-state index in [1.807, 2.05) is 17.0 Å². The number of nitrogens with one attached hydrogen (secondary N) is 2. The van der Waals surface area contributed by atoms with Gasteiger partial charge in [0.05, 0.1) is 6.04 Å². The monoisotopic (exact) mass is 325 g/mol. The average Bonchev–Trinajstić information content (AvgIpc) is 2.91. The van der Waals surface area contributed by atoms with Gasteiger partial charge in [-0.1, -0.05) is 32.0 Å². The molecule has 0 radical (unpaired) electrons. The van der Waals surface area contributed by atoms with Crippen LogP contribution in [0.15, 0.2) is 24.3 Å². The third kappa shape index (κ3) is 2.14. The lowest BCUT2D eigenvalue weighted by Gasteiger charge is -2.46. The van der Waals surface area contributed by atoms with Gasteiger partial charge in [0.2, 0.25) is 11.8 Å². The highest BCUT2D eigenvalue weighted by Crippen LogP contribution is 2.41. The Labute approximate surface area is 141 Å². The van der Waals surface area contributed by atoms with Gasteiger partial charge in [-0.2, -0.15) is 0 Å². The van der Waals surface area contributed by atoms with E-state index < -0.39 is 12.1 Å². The fourth-order valence-corrected chi connectivity index (χ4v) is 4.17. The molecule has 2 aliphatic rings. The van der Waals surface area contributed by atoms with Crippen LogP contribution in [-0.4, -0.2) is 33.8 Å². The number of aromatic amines is 1. The first-order chi connectivity index (χ1) is 11.5. The van der Waals surface area contributed by atoms with Crippen LogP contribution in [0.4, 0.5) is 0 Å². The van der Waals surface area contributed by atoms with E-state index in [1.165, 1.54) is 10.9 Å². The summed E-state index contributed by atoms with van der Waals surface area (Å²) in [6.45, 7) is 6.08. The minimum absolute atomic E-state index is 0.0227. The maximum Gasteiger partial charge on any atom is 0.246 e. The van der Waals surface area contributed by atoms with Crippen LogP contribution >= 0.6 is 0 Å². The Morgan fingerprint density at radius 2 is 2.00 bits per heavy atom. The Balaban J connectivity index is 1.90. The zero-order valence-corrected chi connectivity index (χ0v) is 14.3. The highest BCUT2D eigenvalue weighted by Gasteiger charge is 2.47. The van der Waals surface area contributed by atoms with E-state index in [1.54, 1.807) is 6.92 Å². The molecule has 3 atom stereocenters. The van der Waals surface area contributed by atoms with Gasteiger partial charge in [0, 0.05) is 23.0 Å². The fraction of sp³-hybridized carbons (Fsp3) is 0.474. The van der Waals surface area contributed by atoms with E-state index in [9.17, 15) is 9.59 Å². The molecule has 0 aliphatic carbocycles. The van der Waals surface area contributed by atoms with Crippen LogP contribution < -0.4 is 5.32 Å². The molecule has 1 aromatic carbocycles. The van der Waals surface area contributed by atoms with Gasteiger partial charge in [-0.15, -0.1) is 0 Å². The highest BCUT2D eigenvalue weighted by atomic mass is 16.2. The maximum absolute atomic E-state index is 12.8. The number of nitrogens with zero attached hydrogens (tertiary/aromatic N) is 1. The number of hydrogen-bond donors (Lipinski definition) is 2. The standard InChI is InChI=1S/C19H23N3O2/c1-10(2)8-15-17-13(12-6-4-5-7-14(12)21-17)9-16-18(23)20-11(3)19(24)22(15)16/h4-7,10-11,15-16,21H,8-9H2,1-3H3,(H,20,23)/t11?,15?,16-/m0/s1. The summed E-state index contributed by atoms with van der Waals surface area (Å²) in [7, 11) is 0. The highest BCUT2D eigenvalue weighted by molar-refractivity contribution is 5.98. The number of para-hydroxylation sites is 1. The van der Waals surface area contributed by atoms with Crippen molar-refractivity contribution in [3.63, 3.8) is 0 Å². The Bertz CT molecular complexity index is 823. The van der Waals surface area contributed by atoms with Gasteiger partial charge in [-0.3, -0.25) is 9.59 Å². The third-order valence-electron chi connectivity index (χ3n) is 5.23. The van der Waals surface area contributed by atoms with E-state index in [2.05, 4.69) is 36.3 Å². The lowest BCUT2D eigenvalue weighted by atomic mass is 9.85. The number of piperazine rings is 1. The number of H-pyrrole nitrogens is 1. The Kier molecular flexibility index (Phi) is 3.41. The van der Waals surface area contributed by atoms with Gasteiger partial charge in [0.25, 0.3) is 0 Å². The summed E-state index contributed by atoms with van der Waals surface area (Å²) in [5.41, 5.74) is 3.38. The molecule has 4 rings (SSSR count). The molecule has 5 nitrogen and oxygen atoms in total. The molecule has 1 saturated heterocycles. The van der Waals surface area contributed by atoms with Gasteiger partial charge in [-0.05, 0) is 30.9 Å². The third-order valence-corrected chi connectivity index (χ3v) is 5.23. The van der Waals surface area contributed by atoms with Gasteiger partial charge < -0.3 is 15.2 Å². The summed E-state index contributed by atoms with van der Waals surface area (Å²) in [6, 6.07) is 7.27. The number of amides is 2. The molecule has 126 valence electrons. The minimum Gasteiger partial charge on any atom is -0.356 e. The molecule has 1 fully saturated rings. The lowest BCUT2D eigenvalue weighted by molar-refractivity contribution is -0.153. The van der Waals surface area contributed by atoms with Crippen molar-refractivity contribution < 1.29 is 9.59 Å². The molecule has 24 heavy (non-hydrogen) atoms. The van der Waals surface area contributed by atoms with Crippen molar-refractivity contribution in [3.05, 3.63) is 35.5 Å². The number of hydrogen-bond acceptors (Lipinski definition) is 2. The molecule has 5 heteroatoms. The number of carbonyl (C=O) groups is 2. The van der Waals surface area contributed by atoms with Crippen molar-refractivity contribution in [3.8, 4) is 0 Å². The number of aromatic nitrogens is 1. The predicted octanol–water partition coefficient (Wildman–Crippen LogP) is 2.53. The van der Waals surface area contributed by atoms with Gasteiger partial charge >= 0.3 is 0 Å². The average molecular weight is 325 g/mol. The maximum atomic E-state index is 12.8. The second-order valence-electron chi connectivity index (χ2n) is 7.40. The molecule has 3 heterocycles. The number of carbonyl (C=O) groups excluding carboxylic acids is 2. The number of rotatable bonds is 2. The van der Waals surface area contributed by atoms with Crippen molar-refractivity contribution in [1.29, 1.82) is 0 Å². The number of fused-ring (bicyclic) bond motifs is 4. The first-order valence-corrected chi connectivity index (χ1v) is 8.69. The van der Waals surface area contributed by atoms with Crippen LogP contribution in [0.1, 0.15) is 44.5 Å². The molecular weight excluding hydrogens is 302 g/mol. The van der Waals surface area contributed by atoms with Crippen LogP contribution in [0.25, 0.3) is 10.9 Å². The summed E-state index contributed by atoms with van der Waals surface area (Å²) in [6.07, 6.45) is 1.43. The van der Waals surface area contributed by atoms with Crippen molar-refractivity contribution in [2.75, 3.05) is 0 Å². The first-order valence-electron chi connectivity index (χ1n) is 8.69.